The Bertz CT molecular complexity index is 1050. The van der Waals surface area contributed by atoms with Gasteiger partial charge in [-0.25, -0.2) is 9.78 Å². The van der Waals surface area contributed by atoms with Gasteiger partial charge in [-0.3, -0.25) is 0 Å². The lowest BCUT2D eigenvalue weighted by molar-refractivity contribution is 0.0519. The van der Waals surface area contributed by atoms with Crippen LogP contribution in [-0.2, 0) is 4.74 Å². The third kappa shape index (κ3) is 2.80. The molecule has 2 aromatic heterocycles. The fraction of sp³-hybridized carbons (Fsp3) is 0.100. The molecule has 5 nitrogen and oxygen atoms in total. The van der Waals surface area contributed by atoms with Crippen LogP contribution < -0.4 is 5.32 Å². The van der Waals surface area contributed by atoms with Gasteiger partial charge in [0.2, 0.25) is 0 Å². The summed E-state index contributed by atoms with van der Waals surface area (Å²) in [6, 6.07) is 19.0. The lowest BCUT2D eigenvalue weighted by Gasteiger charge is -2.09. The van der Waals surface area contributed by atoms with E-state index in [-0.39, 0.29) is 5.69 Å². The summed E-state index contributed by atoms with van der Waals surface area (Å²) in [5.74, 6) is 0.0951. The maximum absolute atomic E-state index is 12.2. The first kappa shape index (κ1) is 15.2. The number of rotatable bonds is 4. The first-order chi connectivity index (χ1) is 12.3. The average molecular weight is 332 g/mol. The largest absolute Gasteiger partial charge is 0.461 e. The van der Waals surface area contributed by atoms with E-state index in [1.807, 2.05) is 54.6 Å². The molecule has 0 aliphatic heterocycles. The molecule has 0 saturated carbocycles. The SMILES string of the molecule is CCOC(=O)c1cc2oc3ccccc3c2c(Nc2ccccc2)n1. The number of ether oxygens (including phenoxy) is 1. The summed E-state index contributed by atoms with van der Waals surface area (Å²) < 4.78 is 11.0. The number of pyridine rings is 1. The zero-order valence-electron chi connectivity index (χ0n) is 13.7. The quantitative estimate of drug-likeness (QED) is 0.538. The van der Waals surface area contributed by atoms with Crippen LogP contribution in [0.4, 0.5) is 11.5 Å². The van der Waals surface area contributed by atoms with Gasteiger partial charge in [-0.05, 0) is 25.1 Å². The number of esters is 1. The van der Waals surface area contributed by atoms with Gasteiger partial charge in [0.1, 0.15) is 17.0 Å². The molecule has 5 heteroatoms. The summed E-state index contributed by atoms with van der Waals surface area (Å²) in [5.41, 5.74) is 2.43. The van der Waals surface area contributed by atoms with E-state index in [2.05, 4.69) is 10.3 Å². The molecule has 0 amide bonds. The van der Waals surface area contributed by atoms with Crippen molar-refractivity contribution >= 4 is 39.4 Å². The van der Waals surface area contributed by atoms with E-state index < -0.39 is 5.97 Å². The number of hydrogen-bond donors (Lipinski definition) is 1. The van der Waals surface area contributed by atoms with Crippen LogP contribution >= 0.6 is 0 Å². The first-order valence-corrected chi connectivity index (χ1v) is 8.07. The van der Waals surface area contributed by atoms with Gasteiger partial charge in [0.15, 0.2) is 5.69 Å². The van der Waals surface area contributed by atoms with E-state index in [1.54, 1.807) is 13.0 Å². The number of hydrogen-bond acceptors (Lipinski definition) is 5. The van der Waals surface area contributed by atoms with E-state index >= 15 is 0 Å². The molecule has 0 saturated heterocycles. The minimum Gasteiger partial charge on any atom is -0.461 e. The van der Waals surface area contributed by atoms with Gasteiger partial charge < -0.3 is 14.5 Å². The molecule has 25 heavy (non-hydrogen) atoms. The van der Waals surface area contributed by atoms with Crippen molar-refractivity contribution in [2.24, 2.45) is 0 Å². The summed E-state index contributed by atoms with van der Waals surface area (Å²) in [4.78, 5) is 16.6. The van der Waals surface area contributed by atoms with Crippen LogP contribution in [0.15, 0.2) is 65.1 Å². The van der Waals surface area contributed by atoms with Gasteiger partial charge in [0.25, 0.3) is 0 Å². The molecule has 0 unspecified atom stereocenters. The number of fused-ring (bicyclic) bond motifs is 3. The number of nitrogens with zero attached hydrogens (tertiary/aromatic N) is 1. The highest BCUT2D eigenvalue weighted by Gasteiger charge is 2.18. The van der Waals surface area contributed by atoms with Crippen LogP contribution in [0.25, 0.3) is 21.9 Å². The van der Waals surface area contributed by atoms with Crippen LogP contribution in [0.3, 0.4) is 0 Å². The van der Waals surface area contributed by atoms with E-state index in [1.165, 1.54) is 0 Å². The van der Waals surface area contributed by atoms with Crippen LogP contribution in [0.1, 0.15) is 17.4 Å². The molecule has 2 aromatic carbocycles. The second-order valence-corrected chi connectivity index (χ2v) is 5.54. The van der Waals surface area contributed by atoms with Gasteiger partial charge in [0.05, 0.1) is 12.0 Å². The Labute approximate surface area is 144 Å². The molecule has 0 fully saturated rings. The highest BCUT2D eigenvalue weighted by Crippen LogP contribution is 2.35. The van der Waals surface area contributed by atoms with Crippen molar-refractivity contribution in [3.8, 4) is 0 Å². The molecule has 0 bridgehead atoms. The Morgan fingerprint density at radius 2 is 1.84 bits per heavy atom. The second-order valence-electron chi connectivity index (χ2n) is 5.54. The zero-order valence-corrected chi connectivity index (χ0v) is 13.7. The Hall–Kier alpha value is -3.34. The predicted octanol–water partition coefficient (Wildman–Crippen LogP) is 4.90. The monoisotopic (exact) mass is 332 g/mol. The normalized spacial score (nSPS) is 10.9. The summed E-state index contributed by atoms with van der Waals surface area (Å²) in [6.45, 7) is 2.06. The Morgan fingerprint density at radius 1 is 1.08 bits per heavy atom. The fourth-order valence-electron chi connectivity index (χ4n) is 2.80. The Kier molecular flexibility index (Phi) is 3.82. The molecule has 0 aliphatic rings. The van der Waals surface area contributed by atoms with Crippen molar-refractivity contribution in [1.82, 2.24) is 4.98 Å². The number of carbonyl (C=O) groups excluding carboxylic acids is 1. The number of nitrogens with one attached hydrogen (secondary N) is 1. The number of benzene rings is 2. The minimum absolute atomic E-state index is 0.215. The number of furan rings is 1. The molecular weight excluding hydrogens is 316 g/mol. The van der Waals surface area contributed by atoms with Crippen molar-refractivity contribution < 1.29 is 13.9 Å². The van der Waals surface area contributed by atoms with E-state index in [0.717, 1.165) is 22.0 Å². The Morgan fingerprint density at radius 3 is 2.64 bits per heavy atom. The third-order valence-corrected chi connectivity index (χ3v) is 3.88. The standard InChI is InChI=1S/C20H16N2O3/c1-2-24-20(23)15-12-17-18(14-10-6-7-11-16(14)25-17)19(22-15)21-13-8-4-3-5-9-13/h3-12H,2H2,1H3,(H,21,22). The summed E-state index contributed by atoms with van der Waals surface area (Å²) in [7, 11) is 0. The van der Waals surface area contributed by atoms with Gasteiger partial charge >= 0.3 is 5.97 Å². The average Bonchev–Trinajstić information content (AvgIpc) is 3.01. The van der Waals surface area contributed by atoms with Gasteiger partial charge in [0, 0.05) is 17.1 Å². The molecule has 1 N–H and O–H groups in total. The maximum Gasteiger partial charge on any atom is 0.357 e. The molecule has 0 radical (unpaired) electrons. The van der Waals surface area contributed by atoms with Crippen LogP contribution in [0.5, 0.6) is 0 Å². The van der Waals surface area contributed by atoms with E-state index in [4.69, 9.17) is 9.15 Å². The van der Waals surface area contributed by atoms with Crippen molar-refractivity contribution in [2.75, 3.05) is 11.9 Å². The number of carbonyl (C=O) groups is 1. The summed E-state index contributed by atoms with van der Waals surface area (Å²) in [5, 5.41) is 5.07. The summed E-state index contributed by atoms with van der Waals surface area (Å²) >= 11 is 0. The van der Waals surface area contributed by atoms with Gasteiger partial charge in [-0.15, -0.1) is 0 Å². The van der Waals surface area contributed by atoms with Crippen molar-refractivity contribution in [3.05, 3.63) is 66.4 Å². The molecule has 0 aliphatic carbocycles. The molecule has 124 valence electrons. The van der Waals surface area contributed by atoms with Crippen molar-refractivity contribution in [1.29, 1.82) is 0 Å². The highest BCUT2D eigenvalue weighted by molar-refractivity contribution is 6.12. The first-order valence-electron chi connectivity index (χ1n) is 8.07. The van der Waals surface area contributed by atoms with Crippen LogP contribution in [-0.4, -0.2) is 17.6 Å². The lowest BCUT2D eigenvalue weighted by atomic mass is 10.1. The highest BCUT2D eigenvalue weighted by atomic mass is 16.5. The van der Waals surface area contributed by atoms with Gasteiger partial charge in [-0.1, -0.05) is 36.4 Å². The van der Waals surface area contributed by atoms with E-state index in [9.17, 15) is 4.79 Å². The second kappa shape index (κ2) is 6.28. The number of anilines is 2. The smallest absolute Gasteiger partial charge is 0.357 e. The fourth-order valence-corrected chi connectivity index (χ4v) is 2.80. The third-order valence-electron chi connectivity index (χ3n) is 3.88. The molecule has 0 spiro atoms. The van der Waals surface area contributed by atoms with Crippen LogP contribution in [0, 0.1) is 0 Å². The number of aromatic nitrogens is 1. The van der Waals surface area contributed by atoms with Gasteiger partial charge in [-0.2, -0.15) is 0 Å². The zero-order chi connectivity index (χ0) is 17.2. The Balaban J connectivity index is 1.94. The van der Waals surface area contributed by atoms with Crippen LogP contribution in [0.2, 0.25) is 0 Å². The molecule has 2 heterocycles. The molecular formula is C20H16N2O3. The molecule has 4 aromatic rings. The lowest BCUT2D eigenvalue weighted by Crippen LogP contribution is -2.08. The maximum atomic E-state index is 12.2. The van der Waals surface area contributed by atoms with E-state index in [0.29, 0.717) is 18.0 Å². The molecule has 0 atom stereocenters. The predicted molar refractivity (Wildman–Crippen MR) is 97.2 cm³/mol. The van der Waals surface area contributed by atoms with Crippen molar-refractivity contribution in [2.45, 2.75) is 6.92 Å². The minimum atomic E-state index is -0.471. The number of para-hydroxylation sites is 2. The van der Waals surface area contributed by atoms with Crippen molar-refractivity contribution in [3.63, 3.8) is 0 Å². The molecule has 4 rings (SSSR count). The summed E-state index contributed by atoms with van der Waals surface area (Å²) in [6.07, 6.45) is 0. The topological polar surface area (TPSA) is 64.4 Å².